The minimum Gasteiger partial charge on any atom is -0.491 e. The van der Waals surface area contributed by atoms with E-state index >= 15 is 0 Å². The Morgan fingerprint density at radius 2 is 1.67 bits per heavy atom. The van der Waals surface area contributed by atoms with Crippen LogP contribution in [0.1, 0.15) is 29.7 Å². The second-order valence-electron chi connectivity index (χ2n) is 8.82. The van der Waals surface area contributed by atoms with Crippen LogP contribution in [-0.4, -0.2) is 41.4 Å². The number of benzene rings is 2. The number of aliphatic hydroxyl groups excluding tert-OH is 1. The highest BCUT2D eigenvalue weighted by Gasteiger charge is 2.26. The molecule has 1 fully saturated rings. The van der Waals surface area contributed by atoms with Crippen molar-refractivity contribution in [2.24, 2.45) is 0 Å². The number of nitriles is 2. The van der Waals surface area contributed by atoms with Gasteiger partial charge in [0.15, 0.2) is 0 Å². The number of aliphatic hydroxyl groups is 1. The van der Waals surface area contributed by atoms with Gasteiger partial charge < -0.3 is 19.2 Å². The van der Waals surface area contributed by atoms with Gasteiger partial charge in [-0.1, -0.05) is 35.5 Å². The van der Waals surface area contributed by atoms with Crippen molar-refractivity contribution in [2.75, 3.05) is 31.2 Å². The Balaban J connectivity index is 1.51. The minimum absolute atomic E-state index is 0.0875. The zero-order valence-corrected chi connectivity index (χ0v) is 22.5. The fourth-order valence-corrected chi connectivity index (χ4v) is 5.42. The topological polar surface area (TPSA) is 119 Å². The first-order chi connectivity index (χ1) is 19.1. The first kappa shape index (κ1) is 26.6. The van der Waals surface area contributed by atoms with Crippen molar-refractivity contribution in [2.45, 2.75) is 23.6 Å². The van der Waals surface area contributed by atoms with Gasteiger partial charge in [-0.25, -0.2) is 9.97 Å². The molecule has 0 saturated carbocycles. The summed E-state index contributed by atoms with van der Waals surface area (Å²) in [5, 5.41) is 30.7. The van der Waals surface area contributed by atoms with Gasteiger partial charge in [-0.15, -0.1) is 0 Å². The lowest BCUT2D eigenvalue weighted by atomic mass is 9.96. The minimum atomic E-state index is -0.0875. The van der Waals surface area contributed by atoms with E-state index in [1.807, 2.05) is 24.3 Å². The van der Waals surface area contributed by atoms with Gasteiger partial charge in [0.2, 0.25) is 5.89 Å². The maximum absolute atomic E-state index is 10.3. The normalized spacial score (nSPS) is 12.8. The fourth-order valence-electron chi connectivity index (χ4n) is 4.43. The van der Waals surface area contributed by atoms with Crippen molar-refractivity contribution in [3.05, 3.63) is 76.6 Å². The van der Waals surface area contributed by atoms with Gasteiger partial charge in [0.1, 0.15) is 47.2 Å². The Hall–Kier alpha value is -4.02. The van der Waals surface area contributed by atoms with Gasteiger partial charge in [0.25, 0.3) is 0 Å². The molecule has 0 aliphatic carbocycles. The molecule has 2 aromatic heterocycles. The molecule has 1 N–H and O–H groups in total. The average Bonchev–Trinajstić information content (AvgIpc) is 3.68. The summed E-state index contributed by atoms with van der Waals surface area (Å²) < 4.78 is 11.2. The molecule has 8 nitrogen and oxygen atoms in total. The molecule has 1 saturated heterocycles. The lowest BCUT2D eigenvalue weighted by Gasteiger charge is -2.22. The number of thioether (sulfide) groups is 1. The van der Waals surface area contributed by atoms with Crippen LogP contribution in [0, 0.1) is 22.7 Å². The van der Waals surface area contributed by atoms with Crippen LogP contribution < -0.4 is 9.64 Å². The van der Waals surface area contributed by atoms with Crippen LogP contribution in [0.3, 0.4) is 0 Å². The van der Waals surface area contributed by atoms with Crippen LogP contribution in [0.5, 0.6) is 5.75 Å². The van der Waals surface area contributed by atoms with E-state index in [-0.39, 0.29) is 13.2 Å². The highest BCUT2D eigenvalue weighted by molar-refractivity contribution is 7.98. The molecule has 4 aromatic rings. The van der Waals surface area contributed by atoms with Gasteiger partial charge in [0.05, 0.1) is 17.9 Å². The van der Waals surface area contributed by atoms with Crippen LogP contribution in [0.2, 0.25) is 5.02 Å². The molecule has 39 heavy (non-hydrogen) atoms. The quantitative estimate of drug-likeness (QED) is 0.245. The maximum atomic E-state index is 10.3. The summed E-state index contributed by atoms with van der Waals surface area (Å²) in [6, 6.07) is 19.1. The number of pyridine rings is 1. The van der Waals surface area contributed by atoms with Gasteiger partial charge >= 0.3 is 0 Å². The van der Waals surface area contributed by atoms with Crippen LogP contribution in [-0.2, 0) is 5.75 Å². The molecular formula is C29H24ClN5O3S. The van der Waals surface area contributed by atoms with Gasteiger partial charge in [-0.3, -0.25) is 0 Å². The Kier molecular flexibility index (Phi) is 8.33. The van der Waals surface area contributed by atoms with Crippen LogP contribution in [0.25, 0.3) is 22.6 Å². The van der Waals surface area contributed by atoms with Crippen molar-refractivity contribution in [3.63, 3.8) is 0 Å². The van der Waals surface area contributed by atoms with E-state index in [1.165, 1.54) is 11.8 Å². The first-order valence-electron chi connectivity index (χ1n) is 12.4. The molecule has 0 atom stereocenters. The highest BCUT2D eigenvalue weighted by atomic mass is 35.5. The van der Waals surface area contributed by atoms with Crippen LogP contribution in [0.15, 0.2) is 64.2 Å². The molecule has 1 aliphatic rings. The van der Waals surface area contributed by atoms with Gasteiger partial charge in [-0.05, 0) is 54.8 Å². The van der Waals surface area contributed by atoms with E-state index < -0.39 is 0 Å². The molecular weight excluding hydrogens is 534 g/mol. The van der Waals surface area contributed by atoms with Crippen molar-refractivity contribution in [1.82, 2.24) is 9.97 Å². The highest BCUT2D eigenvalue weighted by Crippen LogP contribution is 2.40. The molecule has 0 radical (unpaired) electrons. The monoisotopic (exact) mass is 557 g/mol. The van der Waals surface area contributed by atoms with Crippen molar-refractivity contribution >= 4 is 29.2 Å². The summed E-state index contributed by atoms with van der Waals surface area (Å²) in [6.07, 6.45) is 3.64. The standard InChI is InChI=1S/C29H24ClN5O3S/c30-21-7-3-20(4-8-21)28-33-22(17-38-28)18-39-29-25(16-32)26(19-5-9-23(10-6-19)37-14-13-36)24(15-31)27(34-29)35-11-1-2-12-35/h3-10,17,36H,1-2,11-14,18H2. The molecule has 3 heterocycles. The molecule has 0 spiro atoms. The average molecular weight is 558 g/mol. The van der Waals surface area contributed by atoms with E-state index in [1.54, 1.807) is 30.5 Å². The zero-order chi connectivity index (χ0) is 27.2. The largest absolute Gasteiger partial charge is 0.491 e. The van der Waals surface area contributed by atoms with E-state index in [2.05, 4.69) is 22.0 Å². The number of hydrogen-bond acceptors (Lipinski definition) is 9. The second-order valence-corrected chi connectivity index (χ2v) is 10.2. The van der Waals surface area contributed by atoms with Crippen LogP contribution >= 0.6 is 23.4 Å². The smallest absolute Gasteiger partial charge is 0.226 e. The number of rotatable bonds is 9. The van der Waals surface area contributed by atoms with E-state index in [4.69, 9.17) is 30.8 Å². The summed E-state index contributed by atoms with van der Waals surface area (Å²) in [4.78, 5) is 11.6. The number of hydrogen-bond donors (Lipinski definition) is 1. The SMILES string of the molecule is N#Cc1c(SCc2coc(-c3ccc(Cl)cc3)n2)nc(N2CCCC2)c(C#N)c1-c1ccc(OCCO)cc1. The van der Waals surface area contributed by atoms with Gasteiger partial charge in [0, 0.05) is 35.0 Å². The lowest BCUT2D eigenvalue weighted by Crippen LogP contribution is -2.21. The molecule has 196 valence electrons. The predicted octanol–water partition coefficient (Wildman–Crippen LogP) is 6.06. The predicted molar refractivity (Wildman–Crippen MR) is 150 cm³/mol. The molecule has 1 aliphatic heterocycles. The molecule has 0 unspecified atom stereocenters. The second kappa shape index (κ2) is 12.2. The summed E-state index contributed by atoms with van der Waals surface area (Å²) >= 11 is 7.38. The summed E-state index contributed by atoms with van der Waals surface area (Å²) in [6.45, 7) is 1.70. The Morgan fingerprint density at radius 1 is 0.974 bits per heavy atom. The molecule has 10 heteroatoms. The molecule has 5 rings (SSSR count). The lowest BCUT2D eigenvalue weighted by molar-refractivity contribution is 0.201. The number of nitrogens with zero attached hydrogens (tertiary/aromatic N) is 5. The van der Waals surface area contributed by atoms with E-state index in [0.717, 1.165) is 37.1 Å². The Bertz CT molecular complexity index is 1540. The third-order valence-corrected chi connectivity index (χ3v) is 7.54. The van der Waals surface area contributed by atoms with Gasteiger partial charge in [-0.2, -0.15) is 10.5 Å². The summed E-state index contributed by atoms with van der Waals surface area (Å²) in [7, 11) is 0. The van der Waals surface area contributed by atoms with E-state index in [0.29, 0.717) is 55.6 Å². The number of oxazole rings is 1. The van der Waals surface area contributed by atoms with Crippen molar-refractivity contribution in [1.29, 1.82) is 10.5 Å². The molecule has 2 aromatic carbocycles. The maximum Gasteiger partial charge on any atom is 0.226 e. The Morgan fingerprint density at radius 3 is 2.33 bits per heavy atom. The number of halogens is 1. The number of aromatic nitrogens is 2. The number of ether oxygens (including phenoxy) is 1. The fraction of sp³-hybridized carbons (Fsp3) is 0.241. The number of anilines is 1. The van der Waals surface area contributed by atoms with E-state index in [9.17, 15) is 10.5 Å². The Labute approximate surface area is 235 Å². The third kappa shape index (κ3) is 5.86. The molecule has 0 amide bonds. The molecule has 0 bridgehead atoms. The van der Waals surface area contributed by atoms with Crippen molar-refractivity contribution < 1.29 is 14.3 Å². The third-order valence-electron chi connectivity index (χ3n) is 6.28. The summed E-state index contributed by atoms with van der Waals surface area (Å²) in [5.74, 6) is 2.10. The zero-order valence-electron chi connectivity index (χ0n) is 20.9. The van der Waals surface area contributed by atoms with Crippen LogP contribution in [0.4, 0.5) is 5.82 Å². The summed E-state index contributed by atoms with van der Waals surface area (Å²) in [5.41, 5.74) is 3.51. The first-order valence-corrected chi connectivity index (χ1v) is 13.8. The van der Waals surface area contributed by atoms with Crippen molar-refractivity contribution in [3.8, 4) is 40.5 Å².